The Morgan fingerprint density at radius 2 is 1.95 bits per heavy atom. The lowest BCUT2D eigenvalue weighted by atomic mass is 10.3. The first-order valence-corrected chi connectivity index (χ1v) is 6.98. The summed E-state index contributed by atoms with van der Waals surface area (Å²) in [5.74, 6) is 0.553. The van der Waals surface area contributed by atoms with Gasteiger partial charge >= 0.3 is 0 Å². The van der Waals surface area contributed by atoms with E-state index in [1.807, 2.05) is 12.1 Å². The molecule has 0 unspecified atom stereocenters. The van der Waals surface area contributed by atoms with Crippen molar-refractivity contribution in [2.45, 2.75) is 6.42 Å². The number of benzene rings is 1. The Morgan fingerprint density at radius 3 is 2.71 bits per heavy atom. The van der Waals surface area contributed by atoms with Crippen molar-refractivity contribution >= 4 is 11.6 Å². The molecular formula is C15H24N2O4. The van der Waals surface area contributed by atoms with Crippen LogP contribution in [-0.2, 0) is 14.3 Å². The molecule has 6 heteroatoms. The van der Waals surface area contributed by atoms with E-state index in [1.165, 1.54) is 0 Å². The molecule has 6 nitrogen and oxygen atoms in total. The van der Waals surface area contributed by atoms with E-state index in [2.05, 4.69) is 10.6 Å². The number of methoxy groups -OCH3 is 2. The molecule has 0 heterocycles. The van der Waals surface area contributed by atoms with E-state index in [9.17, 15) is 4.79 Å². The average molecular weight is 296 g/mol. The second-order valence-electron chi connectivity index (χ2n) is 4.38. The molecule has 0 saturated carbocycles. The van der Waals surface area contributed by atoms with Gasteiger partial charge in [0.25, 0.3) is 0 Å². The zero-order valence-electron chi connectivity index (χ0n) is 12.7. The third-order valence-corrected chi connectivity index (χ3v) is 2.74. The van der Waals surface area contributed by atoms with Gasteiger partial charge in [-0.3, -0.25) is 4.79 Å². The number of anilines is 1. The van der Waals surface area contributed by atoms with Crippen LogP contribution in [0.1, 0.15) is 6.42 Å². The summed E-state index contributed by atoms with van der Waals surface area (Å²) >= 11 is 0. The van der Waals surface area contributed by atoms with Crippen molar-refractivity contribution < 1.29 is 19.0 Å². The maximum absolute atomic E-state index is 11.8. The molecule has 1 aromatic rings. The lowest BCUT2D eigenvalue weighted by molar-refractivity contribution is -0.115. The summed E-state index contributed by atoms with van der Waals surface area (Å²) in [4.78, 5) is 11.8. The Labute approximate surface area is 125 Å². The second-order valence-corrected chi connectivity index (χ2v) is 4.38. The number of rotatable bonds is 11. The number of carbonyl (C=O) groups is 1. The number of carbonyl (C=O) groups excluding carboxylic acids is 1. The van der Waals surface area contributed by atoms with E-state index in [0.29, 0.717) is 31.3 Å². The molecule has 1 aromatic carbocycles. The quantitative estimate of drug-likeness (QED) is 0.602. The number of amides is 1. The van der Waals surface area contributed by atoms with Gasteiger partial charge in [-0.2, -0.15) is 0 Å². The van der Waals surface area contributed by atoms with Gasteiger partial charge in [-0.05, 0) is 25.1 Å². The molecule has 0 aliphatic heterocycles. The maximum atomic E-state index is 11.8. The molecular weight excluding hydrogens is 272 g/mol. The molecule has 2 N–H and O–H groups in total. The molecule has 0 radical (unpaired) electrons. The smallest absolute Gasteiger partial charge is 0.238 e. The van der Waals surface area contributed by atoms with Gasteiger partial charge in [0, 0.05) is 13.7 Å². The summed E-state index contributed by atoms with van der Waals surface area (Å²) in [5.41, 5.74) is 0.676. The molecule has 0 aliphatic carbocycles. The highest BCUT2D eigenvalue weighted by Gasteiger charge is 2.05. The molecule has 0 bridgehead atoms. The molecule has 21 heavy (non-hydrogen) atoms. The van der Waals surface area contributed by atoms with Gasteiger partial charge in [0.15, 0.2) is 0 Å². The highest BCUT2D eigenvalue weighted by Crippen LogP contribution is 2.22. The molecule has 0 atom stereocenters. The van der Waals surface area contributed by atoms with Gasteiger partial charge in [0.1, 0.15) is 5.75 Å². The van der Waals surface area contributed by atoms with Crippen LogP contribution in [0.15, 0.2) is 24.3 Å². The summed E-state index contributed by atoms with van der Waals surface area (Å²) < 4.78 is 15.4. The molecule has 1 amide bonds. The number of hydrogen-bond acceptors (Lipinski definition) is 5. The molecule has 0 aliphatic rings. The summed E-state index contributed by atoms with van der Waals surface area (Å²) in [6.07, 6.45) is 0.853. The largest absolute Gasteiger partial charge is 0.495 e. The zero-order chi connectivity index (χ0) is 15.3. The summed E-state index contributed by atoms with van der Waals surface area (Å²) in [6, 6.07) is 7.32. The van der Waals surface area contributed by atoms with Crippen LogP contribution in [0.4, 0.5) is 5.69 Å². The van der Waals surface area contributed by atoms with Gasteiger partial charge < -0.3 is 24.8 Å². The lowest BCUT2D eigenvalue weighted by Gasteiger charge is -2.10. The summed E-state index contributed by atoms with van der Waals surface area (Å²) in [6.45, 7) is 2.85. The number of nitrogens with one attached hydrogen (secondary N) is 2. The normalized spacial score (nSPS) is 10.4. The minimum atomic E-state index is -0.0974. The first kappa shape index (κ1) is 17.4. The second kappa shape index (κ2) is 11.1. The lowest BCUT2D eigenvalue weighted by Crippen LogP contribution is -2.29. The van der Waals surface area contributed by atoms with Crippen molar-refractivity contribution in [3.63, 3.8) is 0 Å². The number of para-hydroxylation sites is 2. The van der Waals surface area contributed by atoms with Crippen molar-refractivity contribution in [3.05, 3.63) is 24.3 Å². The molecule has 1 rings (SSSR count). The Kier molecular flexibility index (Phi) is 9.19. The van der Waals surface area contributed by atoms with Crippen LogP contribution in [0.25, 0.3) is 0 Å². The third-order valence-electron chi connectivity index (χ3n) is 2.74. The van der Waals surface area contributed by atoms with Crippen molar-refractivity contribution in [3.8, 4) is 5.75 Å². The standard InChI is InChI=1S/C15H24N2O4/c1-19-10-11-21-9-5-8-16-12-15(18)17-13-6-3-4-7-14(13)20-2/h3-4,6-7,16H,5,8-12H2,1-2H3,(H,17,18). The van der Waals surface area contributed by atoms with Crippen molar-refractivity contribution in [1.29, 1.82) is 0 Å². The molecule has 0 spiro atoms. The minimum Gasteiger partial charge on any atom is -0.495 e. The van der Waals surface area contributed by atoms with Gasteiger partial charge in [0.05, 0.1) is 32.6 Å². The van der Waals surface area contributed by atoms with Crippen molar-refractivity contribution in [2.75, 3.05) is 52.4 Å². The predicted molar refractivity (Wildman–Crippen MR) is 81.8 cm³/mol. The van der Waals surface area contributed by atoms with Crippen LogP contribution < -0.4 is 15.4 Å². The van der Waals surface area contributed by atoms with Gasteiger partial charge in [-0.1, -0.05) is 12.1 Å². The maximum Gasteiger partial charge on any atom is 0.238 e. The highest BCUT2D eigenvalue weighted by atomic mass is 16.5. The fourth-order valence-electron chi connectivity index (χ4n) is 1.69. The minimum absolute atomic E-state index is 0.0974. The summed E-state index contributed by atoms with van der Waals surface area (Å²) in [5, 5.41) is 5.88. The van der Waals surface area contributed by atoms with Crippen molar-refractivity contribution in [2.24, 2.45) is 0 Å². The van der Waals surface area contributed by atoms with E-state index in [-0.39, 0.29) is 12.5 Å². The molecule has 118 valence electrons. The van der Waals surface area contributed by atoms with Gasteiger partial charge in [-0.25, -0.2) is 0 Å². The summed E-state index contributed by atoms with van der Waals surface area (Å²) in [7, 11) is 3.22. The van der Waals surface area contributed by atoms with Crippen molar-refractivity contribution in [1.82, 2.24) is 5.32 Å². The van der Waals surface area contributed by atoms with E-state index < -0.39 is 0 Å². The Balaban J connectivity index is 2.11. The fraction of sp³-hybridized carbons (Fsp3) is 0.533. The SMILES string of the molecule is COCCOCCCNCC(=O)Nc1ccccc1OC. The van der Waals surface area contributed by atoms with Crippen LogP contribution in [0.3, 0.4) is 0 Å². The molecule has 0 fully saturated rings. The fourth-order valence-corrected chi connectivity index (χ4v) is 1.69. The monoisotopic (exact) mass is 296 g/mol. The highest BCUT2D eigenvalue weighted by molar-refractivity contribution is 5.93. The number of ether oxygens (including phenoxy) is 3. The van der Waals surface area contributed by atoms with Gasteiger partial charge in [0.2, 0.25) is 5.91 Å². The Hall–Kier alpha value is -1.63. The topological polar surface area (TPSA) is 68.8 Å². The zero-order valence-corrected chi connectivity index (χ0v) is 12.7. The van der Waals surface area contributed by atoms with Crippen LogP contribution in [0.2, 0.25) is 0 Å². The van der Waals surface area contributed by atoms with Crippen LogP contribution in [0.5, 0.6) is 5.75 Å². The first-order valence-electron chi connectivity index (χ1n) is 6.98. The molecule has 0 saturated heterocycles. The van der Waals surface area contributed by atoms with Gasteiger partial charge in [-0.15, -0.1) is 0 Å². The van der Waals surface area contributed by atoms with Crippen LogP contribution in [0, 0.1) is 0 Å². The number of hydrogen-bond donors (Lipinski definition) is 2. The average Bonchev–Trinajstić information content (AvgIpc) is 2.50. The predicted octanol–water partition coefficient (Wildman–Crippen LogP) is 1.28. The van der Waals surface area contributed by atoms with Crippen LogP contribution in [-0.4, -0.2) is 53.0 Å². The van der Waals surface area contributed by atoms with E-state index in [0.717, 1.165) is 13.0 Å². The Bertz CT molecular complexity index is 412. The third kappa shape index (κ3) is 7.65. The van der Waals surface area contributed by atoms with E-state index in [1.54, 1.807) is 26.4 Å². The van der Waals surface area contributed by atoms with Crippen LogP contribution >= 0.6 is 0 Å². The Morgan fingerprint density at radius 1 is 1.14 bits per heavy atom. The molecule has 0 aromatic heterocycles. The first-order chi connectivity index (χ1) is 10.3. The van der Waals surface area contributed by atoms with E-state index in [4.69, 9.17) is 14.2 Å². The van der Waals surface area contributed by atoms with E-state index >= 15 is 0 Å².